The van der Waals surface area contributed by atoms with Gasteiger partial charge in [-0.3, -0.25) is 9.69 Å². The quantitative estimate of drug-likeness (QED) is 0.517. The van der Waals surface area contributed by atoms with Gasteiger partial charge < -0.3 is 20.1 Å². The minimum atomic E-state index is -0.629. The Morgan fingerprint density at radius 2 is 1.74 bits per heavy atom. The van der Waals surface area contributed by atoms with Gasteiger partial charge in [-0.1, -0.05) is 54.6 Å². The normalized spacial score (nSPS) is 17.2. The van der Waals surface area contributed by atoms with Crippen LogP contribution in [-0.4, -0.2) is 42.9 Å². The molecule has 0 saturated carbocycles. The van der Waals surface area contributed by atoms with Gasteiger partial charge in [-0.25, -0.2) is 4.79 Å². The van der Waals surface area contributed by atoms with Crippen LogP contribution in [0.2, 0.25) is 0 Å². The Bertz CT molecular complexity index is 1140. The number of ether oxygens (including phenoxy) is 2. The van der Waals surface area contributed by atoms with Gasteiger partial charge >= 0.3 is 6.03 Å². The summed E-state index contributed by atoms with van der Waals surface area (Å²) in [5.41, 5.74) is 2.43. The fourth-order valence-electron chi connectivity index (χ4n) is 3.85. The van der Waals surface area contributed by atoms with Crippen LogP contribution in [-0.2, 0) is 11.3 Å². The Kier molecular flexibility index (Phi) is 7.59. The first kappa shape index (κ1) is 23.5. The van der Waals surface area contributed by atoms with E-state index in [9.17, 15) is 9.59 Å². The van der Waals surface area contributed by atoms with E-state index in [0.29, 0.717) is 23.7 Å². The van der Waals surface area contributed by atoms with Gasteiger partial charge in [-0.2, -0.15) is 0 Å². The van der Waals surface area contributed by atoms with Gasteiger partial charge in [0.05, 0.1) is 19.9 Å². The summed E-state index contributed by atoms with van der Waals surface area (Å²) in [6.07, 6.45) is 0. The van der Waals surface area contributed by atoms with Crippen LogP contribution in [0.3, 0.4) is 0 Å². The van der Waals surface area contributed by atoms with Crippen molar-refractivity contribution in [1.82, 2.24) is 10.2 Å². The van der Waals surface area contributed by atoms with Crippen LogP contribution in [0.5, 0.6) is 11.5 Å². The Labute approximate surface area is 203 Å². The van der Waals surface area contributed by atoms with Gasteiger partial charge in [0.1, 0.15) is 22.9 Å². The monoisotopic (exact) mass is 477 g/mol. The lowest BCUT2D eigenvalue weighted by Crippen LogP contribution is -2.49. The molecule has 7 nitrogen and oxygen atoms in total. The molecule has 1 heterocycles. The molecule has 1 saturated heterocycles. The van der Waals surface area contributed by atoms with E-state index in [0.717, 1.165) is 16.9 Å². The summed E-state index contributed by atoms with van der Waals surface area (Å²) in [5.74, 6) is 1.56. The Morgan fingerprint density at radius 3 is 2.50 bits per heavy atom. The first-order valence-corrected chi connectivity index (χ1v) is 11.9. The molecule has 4 rings (SSSR count). The number of amides is 3. The summed E-state index contributed by atoms with van der Waals surface area (Å²) >= 11 is 1.57. The molecular formula is C26H27N3O4S. The number of nitrogens with zero attached hydrogens (tertiary/aromatic N) is 1. The van der Waals surface area contributed by atoms with Gasteiger partial charge in [0.15, 0.2) is 0 Å². The van der Waals surface area contributed by atoms with Gasteiger partial charge in [0.25, 0.3) is 0 Å². The highest BCUT2D eigenvalue weighted by Gasteiger charge is 2.42. The molecule has 0 spiro atoms. The maximum atomic E-state index is 13.5. The Balaban J connectivity index is 1.55. The van der Waals surface area contributed by atoms with E-state index < -0.39 is 6.04 Å². The molecule has 1 fully saturated rings. The van der Waals surface area contributed by atoms with Crippen molar-refractivity contribution in [2.75, 3.05) is 25.3 Å². The SMILES string of the molecule is COc1cccc(CNC(=O)[C@@H]2CS[C@H](c3ccccc3)N2C(=O)Nc2ccccc2OC)c1. The minimum absolute atomic E-state index is 0.205. The molecule has 0 bridgehead atoms. The summed E-state index contributed by atoms with van der Waals surface area (Å²) in [7, 11) is 3.16. The number of anilines is 1. The standard InChI is InChI=1S/C26H27N3O4S/c1-32-20-12-8-9-18(15-20)16-27-24(30)22-17-34-25(19-10-4-3-5-11-19)29(22)26(31)28-21-13-6-7-14-23(21)33-2/h3-15,22,25H,16-17H2,1-2H3,(H,27,30)(H,28,31)/t22-,25+/m0/s1. The van der Waals surface area contributed by atoms with Crippen LogP contribution in [0.1, 0.15) is 16.5 Å². The maximum absolute atomic E-state index is 13.5. The van der Waals surface area contributed by atoms with E-state index in [1.807, 2.05) is 66.7 Å². The molecule has 0 aliphatic carbocycles. The highest BCUT2D eigenvalue weighted by molar-refractivity contribution is 7.99. The third-order valence-corrected chi connectivity index (χ3v) is 6.89. The third-order valence-electron chi connectivity index (χ3n) is 5.57. The van der Waals surface area contributed by atoms with E-state index in [4.69, 9.17) is 9.47 Å². The van der Waals surface area contributed by atoms with E-state index in [2.05, 4.69) is 10.6 Å². The van der Waals surface area contributed by atoms with Crippen molar-refractivity contribution in [3.05, 3.63) is 90.0 Å². The first-order chi connectivity index (χ1) is 16.6. The van der Waals surface area contributed by atoms with E-state index in [1.165, 1.54) is 0 Å². The zero-order valence-corrected chi connectivity index (χ0v) is 19.9. The molecule has 8 heteroatoms. The lowest BCUT2D eigenvalue weighted by molar-refractivity contribution is -0.124. The zero-order valence-electron chi connectivity index (χ0n) is 19.1. The number of carbonyl (C=O) groups is 2. The number of methoxy groups -OCH3 is 2. The average molecular weight is 478 g/mol. The number of hydrogen-bond acceptors (Lipinski definition) is 5. The third kappa shape index (κ3) is 5.28. The van der Waals surface area contributed by atoms with E-state index in [1.54, 1.807) is 43.0 Å². The van der Waals surface area contributed by atoms with Crippen LogP contribution in [0, 0.1) is 0 Å². The largest absolute Gasteiger partial charge is 0.497 e. The van der Waals surface area contributed by atoms with E-state index >= 15 is 0 Å². The van der Waals surface area contributed by atoms with Gasteiger partial charge in [-0.15, -0.1) is 11.8 Å². The number of urea groups is 1. The summed E-state index contributed by atoms with van der Waals surface area (Å²) in [6.45, 7) is 0.342. The van der Waals surface area contributed by atoms with Gasteiger partial charge in [0.2, 0.25) is 5.91 Å². The number of rotatable bonds is 7. The predicted octanol–water partition coefficient (Wildman–Crippen LogP) is 4.67. The number of benzene rings is 3. The number of thioether (sulfide) groups is 1. The van der Waals surface area contributed by atoms with Gasteiger partial charge in [0, 0.05) is 12.3 Å². The molecule has 0 unspecified atom stereocenters. The maximum Gasteiger partial charge on any atom is 0.323 e. The highest BCUT2D eigenvalue weighted by atomic mass is 32.2. The lowest BCUT2D eigenvalue weighted by atomic mass is 10.1. The highest BCUT2D eigenvalue weighted by Crippen LogP contribution is 2.42. The van der Waals surface area contributed by atoms with Crippen molar-refractivity contribution in [2.45, 2.75) is 18.0 Å². The number of para-hydroxylation sites is 2. The molecule has 0 aromatic heterocycles. The molecule has 3 amide bonds. The molecule has 2 atom stereocenters. The molecular weight excluding hydrogens is 450 g/mol. The molecule has 34 heavy (non-hydrogen) atoms. The van der Waals surface area contributed by atoms with Crippen molar-refractivity contribution in [3.63, 3.8) is 0 Å². The Hall–Kier alpha value is -3.65. The second-order valence-corrected chi connectivity index (χ2v) is 8.83. The van der Waals surface area contributed by atoms with Crippen molar-refractivity contribution in [1.29, 1.82) is 0 Å². The van der Waals surface area contributed by atoms with Crippen LogP contribution in [0.15, 0.2) is 78.9 Å². The summed E-state index contributed by atoms with van der Waals surface area (Å²) in [4.78, 5) is 28.3. The summed E-state index contributed by atoms with van der Waals surface area (Å²) in [6, 6.07) is 23.5. The number of hydrogen-bond donors (Lipinski definition) is 2. The van der Waals surface area contributed by atoms with Gasteiger partial charge in [-0.05, 0) is 35.4 Å². The second kappa shape index (κ2) is 11.0. The lowest BCUT2D eigenvalue weighted by Gasteiger charge is -2.29. The summed E-state index contributed by atoms with van der Waals surface area (Å²) < 4.78 is 10.6. The first-order valence-electron chi connectivity index (χ1n) is 10.9. The van der Waals surface area contributed by atoms with Crippen molar-refractivity contribution in [2.24, 2.45) is 0 Å². The topological polar surface area (TPSA) is 79.9 Å². The average Bonchev–Trinajstić information content (AvgIpc) is 3.34. The molecule has 1 aliphatic rings. The fourth-order valence-corrected chi connectivity index (χ4v) is 5.28. The summed E-state index contributed by atoms with van der Waals surface area (Å²) in [5, 5.41) is 5.62. The van der Waals surface area contributed by atoms with Crippen molar-refractivity contribution in [3.8, 4) is 11.5 Å². The smallest absolute Gasteiger partial charge is 0.323 e. The van der Waals surface area contributed by atoms with Crippen LogP contribution in [0.4, 0.5) is 10.5 Å². The number of nitrogens with one attached hydrogen (secondary N) is 2. The van der Waals surface area contributed by atoms with Crippen molar-refractivity contribution < 1.29 is 19.1 Å². The molecule has 2 N–H and O–H groups in total. The fraction of sp³-hybridized carbons (Fsp3) is 0.231. The van der Waals surface area contributed by atoms with Crippen LogP contribution < -0.4 is 20.1 Å². The minimum Gasteiger partial charge on any atom is -0.497 e. The van der Waals surface area contributed by atoms with E-state index in [-0.39, 0.29) is 17.3 Å². The van der Waals surface area contributed by atoms with Crippen LogP contribution in [0.25, 0.3) is 0 Å². The van der Waals surface area contributed by atoms with Crippen LogP contribution >= 0.6 is 11.8 Å². The predicted molar refractivity (Wildman–Crippen MR) is 134 cm³/mol. The molecule has 3 aromatic rings. The van der Waals surface area contributed by atoms with Crippen molar-refractivity contribution >= 4 is 29.4 Å². The Morgan fingerprint density at radius 1 is 0.971 bits per heavy atom. The molecule has 1 aliphatic heterocycles. The number of carbonyl (C=O) groups excluding carboxylic acids is 2. The second-order valence-electron chi connectivity index (χ2n) is 7.72. The zero-order chi connectivity index (χ0) is 23.9. The molecule has 176 valence electrons. The molecule has 0 radical (unpaired) electrons. The molecule has 3 aromatic carbocycles.